The smallest absolute Gasteiger partial charge is 0.306 e. The number of carbonyl (C=O) groups is 1. The summed E-state index contributed by atoms with van der Waals surface area (Å²) >= 11 is 11.8. The monoisotopic (exact) mass is 358 g/mol. The quantitative estimate of drug-likeness (QED) is 0.741. The molecular formula is C17H12Cl2N4O. The molecule has 0 aliphatic heterocycles. The van der Waals surface area contributed by atoms with Crippen molar-refractivity contribution >= 4 is 34.9 Å². The molecule has 0 aliphatic carbocycles. The fourth-order valence-electron chi connectivity index (χ4n) is 2.04. The Labute approximate surface area is 148 Å². The number of hydrogen-bond donors (Lipinski definition) is 1. The Bertz CT molecular complexity index is 898. The van der Waals surface area contributed by atoms with Gasteiger partial charge in [-0.15, -0.1) is 0 Å². The normalized spacial score (nSPS) is 11.3. The lowest BCUT2D eigenvalue weighted by Crippen LogP contribution is -2.14. The van der Waals surface area contributed by atoms with Crippen LogP contribution in [0.5, 0.6) is 0 Å². The van der Waals surface area contributed by atoms with Crippen LogP contribution in [0.4, 0.5) is 10.5 Å². The number of aromatic nitrogens is 2. The molecule has 1 aromatic heterocycles. The van der Waals surface area contributed by atoms with Crippen LogP contribution in [0, 0.1) is 0 Å². The minimum atomic E-state index is -0.535. The maximum atomic E-state index is 12.0. The molecule has 0 unspecified atom stereocenters. The summed E-state index contributed by atoms with van der Waals surface area (Å²) in [6, 6.07) is 15.6. The van der Waals surface area contributed by atoms with E-state index in [0.717, 1.165) is 5.69 Å². The van der Waals surface area contributed by atoms with Gasteiger partial charge in [-0.25, -0.2) is 9.48 Å². The van der Waals surface area contributed by atoms with Gasteiger partial charge in [-0.3, -0.25) is 0 Å². The Morgan fingerprint density at radius 1 is 1.04 bits per heavy atom. The van der Waals surface area contributed by atoms with Gasteiger partial charge in [0.1, 0.15) is 0 Å². The zero-order valence-electron chi connectivity index (χ0n) is 12.4. The predicted molar refractivity (Wildman–Crippen MR) is 94.6 cm³/mol. The molecule has 120 valence electrons. The largest absolute Gasteiger partial charge is 0.345 e. The topological polar surface area (TPSA) is 59.3 Å². The van der Waals surface area contributed by atoms with Crippen LogP contribution < -0.4 is 10.7 Å². The van der Waals surface area contributed by atoms with E-state index in [2.05, 4.69) is 15.4 Å². The van der Waals surface area contributed by atoms with Crippen LogP contribution in [0.25, 0.3) is 5.69 Å². The molecule has 2 amide bonds. The summed E-state index contributed by atoms with van der Waals surface area (Å²) in [4.78, 5) is 15.9. The number of halogens is 2. The summed E-state index contributed by atoms with van der Waals surface area (Å²) in [5.74, 6) is 0. The lowest BCUT2D eigenvalue weighted by molar-refractivity contribution is 0.259. The molecule has 5 nitrogen and oxygen atoms in total. The van der Waals surface area contributed by atoms with Crippen LogP contribution in [-0.2, 0) is 0 Å². The minimum absolute atomic E-state index is 0.433. The maximum Gasteiger partial charge on any atom is 0.345 e. The second kappa shape index (κ2) is 7.29. The number of hydrogen-bond acceptors (Lipinski definition) is 2. The third kappa shape index (κ3) is 4.22. The zero-order chi connectivity index (χ0) is 16.9. The summed E-state index contributed by atoms with van der Waals surface area (Å²) in [5.41, 5.74) is 1.39. The molecule has 3 rings (SSSR count). The van der Waals surface area contributed by atoms with E-state index in [0.29, 0.717) is 21.1 Å². The van der Waals surface area contributed by atoms with E-state index in [9.17, 15) is 4.79 Å². The van der Waals surface area contributed by atoms with Gasteiger partial charge in [-0.1, -0.05) is 41.4 Å². The van der Waals surface area contributed by atoms with E-state index >= 15 is 0 Å². The number of rotatable bonds is 2. The van der Waals surface area contributed by atoms with Crippen LogP contribution in [0.2, 0.25) is 10.0 Å². The number of benzene rings is 2. The van der Waals surface area contributed by atoms with Gasteiger partial charge in [0, 0.05) is 21.9 Å². The number of anilines is 1. The average Bonchev–Trinajstić information content (AvgIpc) is 2.55. The molecule has 0 saturated heterocycles. The highest BCUT2D eigenvalue weighted by Gasteiger charge is 2.02. The molecule has 2 aromatic carbocycles. The highest BCUT2D eigenvalue weighted by Crippen LogP contribution is 2.22. The van der Waals surface area contributed by atoms with Crippen molar-refractivity contribution < 1.29 is 4.79 Å². The molecule has 0 saturated carbocycles. The van der Waals surface area contributed by atoms with E-state index in [4.69, 9.17) is 23.2 Å². The van der Waals surface area contributed by atoms with Gasteiger partial charge >= 0.3 is 6.03 Å². The molecule has 24 heavy (non-hydrogen) atoms. The van der Waals surface area contributed by atoms with Crippen molar-refractivity contribution in [2.45, 2.75) is 0 Å². The fourth-order valence-corrected chi connectivity index (χ4v) is 2.57. The van der Waals surface area contributed by atoms with Gasteiger partial charge in [-0.05, 0) is 36.4 Å². The molecule has 0 aliphatic rings. The lowest BCUT2D eigenvalue weighted by Gasteiger charge is -2.04. The summed E-state index contributed by atoms with van der Waals surface area (Å²) < 4.78 is 1.69. The molecule has 0 atom stereocenters. The Balaban J connectivity index is 1.77. The van der Waals surface area contributed by atoms with Gasteiger partial charge in [0.15, 0.2) is 0 Å². The van der Waals surface area contributed by atoms with Crippen LogP contribution in [0.3, 0.4) is 0 Å². The molecule has 1 heterocycles. The number of para-hydroxylation sites is 1. The van der Waals surface area contributed by atoms with E-state index in [-0.39, 0.29) is 0 Å². The van der Waals surface area contributed by atoms with Crippen molar-refractivity contribution in [2.75, 3.05) is 5.32 Å². The second-order valence-electron chi connectivity index (χ2n) is 4.87. The molecule has 0 radical (unpaired) electrons. The Morgan fingerprint density at radius 3 is 2.38 bits per heavy atom. The number of urea groups is 1. The Kier molecular flexibility index (Phi) is 4.93. The van der Waals surface area contributed by atoms with Crippen molar-refractivity contribution in [1.29, 1.82) is 0 Å². The molecular weight excluding hydrogens is 347 g/mol. The first-order valence-electron chi connectivity index (χ1n) is 7.02. The van der Waals surface area contributed by atoms with Crippen LogP contribution in [-0.4, -0.2) is 15.8 Å². The Hall–Kier alpha value is -2.63. The first-order valence-corrected chi connectivity index (χ1v) is 7.78. The van der Waals surface area contributed by atoms with Crippen LogP contribution >= 0.6 is 23.2 Å². The molecule has 0 fully saturated rings. The second-order valence-corrected chi connectivity index (χ2v) is 5.74. The van der Waals surface area contributed by atoms with Gasteiger partial charge in [-0.2, -0.15) is 10.1 Å². The fraction of sp³-hybridized carbons (Fsp3) is 0. The number of nitrogens with one attached hydrogen (secondary N) is 1. The first-order chi connectivity index (χ1) is 11.6. The summed E-state index contributed by atoms with van der Waals surface area (Å²) in [7, 11) is 0. The molecule has 0 bridgehead atoms. The van der Waals surface area contributed by atoms with E-state index in [1.807, 2.05) is 30.3 Å². The zero-order valence-corrected chi connectivity index (χ0v) is 13.9. The van der Waals surface area contributed by atoms with Gasteiger partial charge < -0.3 is 5.32 Å². The van der Waals surface area contributed by atoms with E-state index in [1.165, 1.54) is 6.20 Å². The van der Waals surface area contributed by atoms with Crippen molar-refractivity contribution in [1.82, 2.24) is 9.78 Å². The highest BCUT2D eigenvalue weighted by atomic mass is 35.5. The lowest BCUT2D eigenvalue weighted by atomic mass is 10.3. The highest BCUT2D eigenvalue weighted by molar-refractivity contribution is 6.35. The van der Waals surface area contributed by atoms with Crippen molar-refractivity contribution in [2.24, 2.45) is 4.99 Å². The van der Waals surface area contributed by atoms with Gasteiger partial charge in [0.25, 0.3) is 0 Å². The molecule has 3 aromatic rings. The molecule has 7 heteroatoms. The van der Waals surface area contributed by atoms with E-state index < -0.39 is 6.03 Å². The average molecular weight is 359 g/mol. The standard InChI is InChI=1S/C17H12Cl2N4O/c18-12-8-13(19)10-15(9-12)22-17(24)21-14-6-7-23(20-11-14)16-4-2-1-3-5-16/h1-11H,(H,22,24)/b21-14+. The Morgan fingerprint density at radius 2 is 1.75 bits per heavy atom. The number of amides is 2. The van der Waals surface area contributed by atoms with Gasteiger partial charge in [0.05, 0.1) is 17.2 Å². The predicted octanol–water partition coefficient (Wildman–Crippen LogP) is 4.31. The third-order valence-corrected chi connectivity index (χ3v) is 3.50. The SMILES string of the molecule is O=C(/N=c1\ccn(-c2ccccc2)nc1)Nc1cc(Cl)cc(Cl)c1. The first kappa shape index (κ1) is 16.2. The minimum Gasteiger partial charge on any atom is -0.306 e. The third-order valence-electron chi connectivity index (χ3n) is 3.07. The summed E-state index contributed by atoms with van der Waals surface area (Å²) in [5, 5.41) is 8.15. The van der Waals surface area contributed by atoms with Crippen molar-refractivity contribution in [3.63, 3.8) is 0 Å². The van der Waals surface area contributed by atoms with Crippen molar-refractivity contribution in [3.05, 3.63) is 82.4 Å². The molecule has 0 spiro atoms. The molecule has 1 N–H and O–H groups in total. The van der Waals surface area contributed by atoms with Crippen molar-refractivity contribution in [3.8, 4) is 5.69 Å². The van der Waals surface area contributed by atoms with E-state index in [1.54, 1.807) is 35.1 Å². The van der Waals surface area contributed by atoms with Crippen LogP contribution in [0.15, 0.2) is 72.0 Å². The number of carbonyl (C=O) groups excluding carboxylic acids is 1. The number of nitrogens with zero attached hydrogens (tertiary/aromatic N) is 3. The van der Waals surface area contributed by atoms with Gasteiger partial charge in [0.2, 0.25) is 0 Å². The summed E-state index contributed by atoms with van der Waals surface area (Å²) in [6.07, 6.45) is 3.25. The summed E-state index contributed by atoms with van der Waals surface area (Å²) in [6.45, 7) is 0. The maximum absolute atomic E-state index is 12.0. The van der Waals surface area contributed by atoms with Crippen LogP contribution in [0.1, 0.15) is 0 Å².